The molecule has 0 radical (unpaired) electrons. The van der Waals surface area contributed by atoms with Gasteiger partial charge in [-0.3, -0.25) is 4.79 Å². The van der Waals surface area contributed by atoms with Crippen LogP contribution in [0.3, 0.4) is 0 Å². The van der Waals surface area contributed by atoms with Crippen molar-refractivity contribution in [2.45, 2.75) is 17.0 Å². The van der Waals surface area contributed by atoms with Crippen molar-refractivity contribution in [1.82, 2.24) is 9.97 Å². The van der Waals surface area contributed by atoms with Gasteiger partial charge in [-0.2, -0.15) is 0 Å². The van der Waals surface area contributed by atoms with Gasteiger partial charge >= 0.3 is 0 Å². The molecule has 0 saturated carbocycles. The van der Waals surface area contributed by atoms with E-state index in [2.05, 4.69) is 25.9 Å². The number of nitrogens with one attached hydrogen (secondary N) is 1. The average molecular weight is 327 g/mol. The van der Waals surface area contributed by atoms with Crippen molar-refractivity contribution in [2.75, 3.05) is 11.5 Å². The van der Waals surface area contributed by atoms with Crippen LogP contribution in [0.4, 0.5) is 11.5 Å². The second-order valence-electron chi connectivity index (χ2n) is 3.72. The third-order valence-corrected chi connectivity index (χ3v) is 4.13. The van der Waals surface area contributed by atoms with Gasteiger partial charge in [0.15, 0.2) is 5.16 Å². The van der Waals surface area contributed by atoms with E-state index in [0.717, 1.165) is 14.9 Å². The van der Waals surface area contributed by atoms with Crippen molar-refractivity contribution in [1.29, 1.82) is 0 Å². The Morgan fingerprint density at radius 2 is 2.06 bits per heavy atom. The van der Waals surface area contributed by atoms with Crippen LogP contribution in [0.2, 0.25) is 0 Å². The normalized spacial score (nSPS) is 10.6. The van der Waals surface area contributed by atoms with E-state index in [1.807, 2.05) is 19.1 Å². The lowest BCUT2D eigenvalue weighted by Gasteiger charge is -2.07. The number of rotatable bonds is 2. The molecule has 7 heteroatoms. The second kappa shape index (κ2) is 5.03. The Hall–Kier alpha value is -1.47. The summed E-state index contributed by atoms with van der Waals surface area (Å²) in [5, 5.41) is 0.449. The van der Waals surface area contributed by atoms with Gasteiger partial charge in [-0.15, -0.1) is 0 Å². The minimum atomic E-state index is -0.270. The van der Waals surface area contributed by atoms with E-state index in [9.17, 15) is 4.79 Å². The molecular weight excluding hydrogens is 316 g/mol. The van der Waals surface area contributed by atoms with Gasteiger partial charge in [0.05, 0.1) is 0 Å². The Labute approximate surface area is 116 Å². The molecule has 1 heterocycles. The van der Waals surface area contributed by atoms with Gasteiger partial charge in [0.1, 0.15) is 5.82 Å². The van der Waals surface area contributed by atoms with E-state index in [1.54, 1.807) is 0 Å². The van der Waals surface area contributed by atoms with E-state index in [0.29, 0.717) is 10.8 Å². The number of aromatic nitrogens is 2. The SMILES string of the molecule is Cc1cc(Sc2nc(N)cc(=O)[nH]2)c(Br)cc1N. The number of anilines is 2. The van der Waals surface area contributed by atoms with Gasteiger partial charge in [-0.25, -0.2) is 4.98 Å². The van der Waals surface area contributed by atoms with E-state index in [1.165, 1.54) is 17.8 Å². The molecule has 0 atom stereocenters. The van der Waals surface area contributed by atoms with Crippen molar-refractivity contribution in [2.24, 2.45) is 0 Å². The van der Waals surface area contributed by atoms with Gasteiger partial charge in [0.25, 0.3) is 5.56 Å². The van der Waals surface area contributed by atoms with Gasteiger partial charge in [0.2, 0.25) is 0 Å². The summed E-state index contributed by atoms with van der Waals surface area (Å²) < 4.78 is 0.848. The monoisotopic (exact) mass is 326 g/mol. The highest BCUT2D eigenvalue weighted by Gasteiger charge is 2.08. The van der Waals surface area contributed by atoms with Gasteiger partial charge in [0, 0.05) is 21.1 Å². The average Bonchev–Trinajstić information content (AvgIpc) is 2.24. The number of hydrogen-bond donors (Lipinski definition) is 3. The first-order valence-electron chi connectivity index (χ1n) is 5.06. The van der Waals surface area contributed by atoms with Crippen LogP contribution in [0.1, 0.15) is 5.56 Å². The highest BCUT2D eigenvalue weighted by Crippen LogP contribution is 2.34. The summed E-state index contributed by atoms with van der Waals surface area (Å²) in [6.07, 6.45) is 0. The summed E-state index contributed by atoms with van der Waals surface area (Å²) in [7, 11) is 0. The molecule has 5 N–H and O–H groups in total. The van der Waals surface area contributed by atoms with Gasteiger partial charge in [-0.05, 0) is 40.5 Å². The van der Waals surface area contributed by atoms with Crippen LogP contribution in [0.15, 0.2) is 37.5 Å². The van der Waals surface area contributed by atoms with E-state index >= 15 is 0 Å². The molecule has 0 aliphatic rings. The fourth-order valence-electron chi connectivity index (χ4n) is 1.35. The van der Waals surface area contributed by atoms with E-state index in [4.69, 9.17) is 11.5 Å². The molecule has 0 fully saturated rings. The summed E-state index contributed by atoms with van der Waals surface area (Å²) in [6.45, 7) is 1.92. The molecule has 0 aliphatic carbocycles. The highest BCUT2D eigenvalue weighted by molar-refractivity contribution is 9.10. The zero-order chi connectivity index (χ0) is 13.3. The molecule has 5 nitrogen and oxygen atoms in total. The van der Waals surface area contributed by atoms with Crippen LogP contribution in [0.5, 0.6) is 0 Å². The van der Waals surface area contributed by atoms with Gasteiger partial charge < -0.3 is 16.5 Å². The third kappa shape index (κ3) is 2.85. The fourth-order valence-corrected chi connectivity index (χ4v) is 2.86. The first-order valence-corrected chi connectivity index (χ1v) is 6.67. The maximum atomic E-state index is 11.3. The Morgan fingerprint density at radius 1 is 1.33 bits per heavy atom. The molecule has 2 aromatic rings. The molecule has 18 heavy (non-hydrogen) atoms. The summed E-state index contributed by atoms with van der Waals surface area (Å²) in [4.78, 5) is 18.9. The zero-order valence-corrected chi connectivity index (χ0v) is 11.9. The van der Waals surface area contributed by atoms with E-state index in [-0.39, 0.29) is 11.4 Å². The predicted molar refractivity (Wildman–Crippen MR) is 76.7 cm³/mol. The Balaban J connectivity index is 2.39. The Kier molecular flexibility index (Phi) is 3.63. The number of nitrogens with zero attached hydrogens (tertiary/aromatic N) is 1. The molecule has 2 rings (SSSR count). The number of nitrogens with two attached hydrogens (primary N) is 2. The topological polar surface area (TPSA) is 97.8 Å². The molecule has 0 bridgehead atoms. The van der Waals surface area contributed by atoms with E-state index < -0.39 is 0 Å². The fraction of sp³-hybridized carbons (Fsp3) is 0.0909. The smallest absolute Gasteiger partial charge is 0.253 e. The number of aromatic amines is 1. The molecule has 0 unspecified atom stereocenters. The number of hydrogen-bond acceptors (Lipinski definition) is 5. The number of nitrogen functional groups attached to an aromatic ring is 2. The van der Waals surface area contributed by atoms with Crippen molar-refractivity contribution in [3.8, 4) is 0 Å². The predicted octanol–water partition coefficient (Wildman–Crippen LogP) is 2.16. The quantitative estimate of drug-likeness (QED) is 0.580. The Bertz CT molecular complexity index is 656. The third-order valence-electron chi connectivity index (χ3n) is 2.27. The van der Waals surface area contributed by atoms with Crippen LogP contribution >= 0.6 is 27.7 Å². The summed E-state index contributed by atoms with van der Waals surface area (Å²) in [5.74, 6) is 0.199. The largest absolute Gasteiger partial charge is 0.398 e. The zero-order valence-electron chi connectivity index (χ0n) is 9.53. The van der Waals surface area contributed by atoms with Crippen LogP contribution < -0.4 is 17.0 Å². The van der Waals surface area contributed by atoms with Crippen LogP contribution in [-0.2, 0) is 0 Å². The number of H-pyrrole nitrogens is 1. The first kappa shape index (κ1) is 13.0. The van der Waals surface area contributed by atoms with Crippen LogP contribution in [0, 0.1) is 6.92 Å². The lowest BCUT2D eigenvalue weighted by molar-refractivity contribution is 0.945. The minimum absolute atomic E-state index is 0.199. The summed E-state index contributed by atoms with van der Waals surface area (Å²) >= 11 is 4.74. The molecule has 1 aromatic heterocycles. The lowest BCUT2D eigenvalue weighted by Crippen LogP contribution is -2.09. The molecule has 1 aromatic carbocycles. The molecule has 0 saturated heterocycles. The number of halogens is 1. The number of benzene rings is 1. The molecule has 0 amide bonds. The van der Waals surface area contributed by atoms with Crippen molar-refractivity contribution in [3.63, 3.8) is 0 Å². The van der Waals surface area contributed by atoms with Crippen molar-refractivity contribution < 1.29 is 0 Å². The minimum Gasteiger partial charge on any atom is -0.398 e. The number of aryl methyl sites for hydroxylation is 1. The van der Waals surface area contributed by atoms with Crippen LogP contribution in [0.25, 0.3) is 0 Å². The first-order chi connectivity index (χ1) is 8.45. The maximum absolute atomic E-state index is 11.3. The Morgan fingerprint density at radius 3 is 2.72 bits per heavy atom. The highest BCUT2D eigenvalue weighted by atomic mass is 79.9. The maximum Gasteiger partial charge on any atom is 0.253 e. The van der Waals surface area contributed by atoms with Gasteiger partial charge in [-0.1, -0.05) is 11.8 Å². The van der Waals surface area contributed by atoms with Crippen molar-refractivity contribution >= 4 is 39.2 Å². The standard InChI is InChI=1S/C11H11BrN4OS/c1-5-2-8(6(12)3-7(5)13)18-11-15-9(14)4-10(17)16-11/h2-4H,13H2,1H3,(H3,14,15,16,17). The van der Waals surface area contributed by atoms with Crippen LogP contribution in [-0.4, -0.2) is 9.97 Å². The lowest BCUT2D eigenvalue weighted by atomic mass is 10.2. The molecule has 0 aliphatic heterocycles. The molecule has 0 spiro atoms. The molecule has 94 valence electrons. The summed E-state index contributed by atoms with van der Waals surface area (Å²) in [5.41, 5.74) is 12.7. The molecular formula is C11H11BrN4OS. The summed E-state index contributed by atoms with van der Waals surface area (Å²) in [6, 6.07) is 4.99. The second-order valence-corrected chi connectivity index (χ2v) is 5.60. The van der Waals surface area contributed by atoms with Crippen molar-refractivity contribution in [3.05, 3.63) is 38.6 Å².